The maximum atomic E-state index is 10.6. The van der Waals surface area contributed by atoms with Crippen molar-refractivity contribution in [3.05, 3.63) is 24.0 Å². The second-order valence-electron chi connectivity index (χ2n) is 2.56. The van der Waals surface area contributed by atoms with Gasteiger partial charge in [0.1, 0.15) is 5.75 Å². The van der Waals surface area contributed by atoms with Crippen LogP contribution in [0.3, 0.4) is 0 Å². The Morgan fingerprint density at radius 1 is 1.69 bits per heavy atom. The number of nitrogens with zero attached hydrogens (tertiary/aromatic N) is 1. The Morgan fingerprint density at radius 3 is 3.08 bits per heavy atom. The molecule has 1 heterocycles. The molecule has 0 aliphatic carbocycles. The minimum absolute atomic E-state index is 0.154. The lowest BCUT2D eigenvalue weighted by molar-refractivity contribution is -0.117. The van der Waals surface area contributed by atoms with Gasteiger partial charge in [-0.3, -0.25) is 9.78 Å². The molecule has 0 unspecified atom stereocenters. The summed E-state index contributed by atoms with van der Waals surface area (Å²) in [7, 11) is 0. The molecule has 0 aromatic carbocycles. The monoisotopic (exact) mass is 180 g/mol. The first kappa shape index (κ1) is 9.51. The SMILES string of the molecule is CCOc1ccnc(CC(N)=O)c1. The fourth-order valence-corrected chi connectivity index (χ4v) is 0.988. The molecule has 0 bridgehead atoms. The molecule has 4 heteroatoms. The fraction of sp³-hybridized carbons (Fsp3) is 0.333. The molecule has 1 aromatic rings. The maximum absolute atomic E-state index is 10.6. The Bertz CT molecular complexity index is 299. The molecule has 0 fully saturated rings. The van der Waals surface area contributed by atoms with Gasteiger partial charge in [-0.1, -0.05) is 0 Å². The van der Waals surface area contributed by atoms with Crippen LogP contribution in [0.4, 0.5) is 0 Å². The zero-order chi connectivity index (χ0) is 9.68. The zero-order valence-corrected chi connectivity index (χ0v) is 7.49. The fourth-order valence-electron chi connectivity index (χ4n) is 0.988. The van der Waals surface area contributed by atoms with Crippen LogP contribution < -0.4 is 10.5 Å². The molecule has 2 N–H and O–H groups in total. The number of primary amides is 1. The van der Waals surface area contributed by atoms with Gasteiger partial charge in [0.15, 0.2) is 0 Å². The van der Waals surface area contributed by atoms with Crippen molar-refractivity contribution >= 4 is 5.91 Å². The summed E-state index contributed by atoms with van der Waals surface area (Å²) in [6.45, 7) is 2.49. The molecule has 1 amide bonds. The first-order chi connectivity index (χ1) is 6.22. The highest BCUT2D eigenvalue weighted by Gasteiger charge is 2.01. The van der Waals surface area contributed by atoms with Crippen LogP contribution in [0.1, 0.15) is 12.6 Å². The first-order valence-corrected chi connectivity index (χ1v) is 4.08. The molecule has 0 saturated heterocycles. The van der Waals surface area contributed by atoms with Gasteiger partial charge >= 0.3 is 0 Å². The van der Waals surface area contributed by atoms with Crippen LogP contribution in [0, 0.1) is 0 Å². The smallest absolute Gasteiger partial charge is 0.223 e. The van der Waals surface area contributed by atoms with Crippen LogP contribution in [-0.2, 0) is 11.2 Å². The highest BCUT2D eigenvalue weighted by atomic mass is 16.5. The minimum Gasteiger partial charge on any atom is -0.494 e. The third-order valence-corrected chi connectivity index (χ3v) is 1.45. The van der Waals surface area contributed by atoms with Gasteiger partial charge in [0.05, 0.1) is 18.7 Å². The molecule has 70 valence electrons. The number of hydrogen-bond donors (Lipinski definition) is 1. The lowest BCUT2D eigenvalue weighted by atomic mass is 10.2. The average Bonchev–Trinajstić information content (AvgIpc) is 2.04. The summed E-state index contributed by atoms with van der Waals surface area (Å²) in [6, 6.07) is 3.46. The lowest BCUT2D eigenvalue weighted by Gasteiger charge is -2.03. The van der Waals surface area contributed by atoms with Gasteiger partial charge in [-0.05, 0) is 13.0 Å². The van der Waals surface area contributed by atoms with Crippen molar-refractivity contribution in [2.24, 2.45) is 5.73 Å². The van der Waals surface area contributed by atoms with Gasteiger partial charge in [-0.15, -0.1) is 0 Å². The predicted octanol–water partition coefficient (Wildman–Crippen LogP) is 0.508. The van der Waals surface area contributed by atoms with E-state index in [4.69, 9.17) is 10.5 Å². The van der Waals surface area contributed by atoms with Crippen LogP contribution in [-0.4, -0.2) is 17.5 Å². The molecule has 0 aliphatic rings. The zero-order valence-electron chi connectivity index (χ0n) is 7.49. The second-order valence-corrected chi connectivity index (χ2v) is 2.56. The van der Waals surface area contributed by atoms with Crippen molar-refractivity contribution in [3.63, 3.8) is 0 Å². The minimum atomic E-state index is -0.388. The van der Waals surface area contributed by atoms with E-state index in [0.29, 0.717) is 18.1 Å². The number of pyridine rings is 1. The van der Waals surface area contributed by atoms with E-state index >= 15 is 0 Å². The van der Waals surface area contributed by atoms with Gasteiger partial charge in [-0.2, -0.15) is 0 Å². The van der Waals surface area contributed by atoms with Crippen molar-refractivity contribution in [2.45, 2.75) is 13.3 Å². The van der Waals surface area contributed by atoms with E-state index in [-0.39, 0.29) is 12.3 Å². The molecule has 4 nitrogen and oxygen atoms in total. The van der Waals surface area contributed by atoms with E-state index in [1.165, 1.54) is 0 Å². The molecular weight excluding hydrogens is 168 g/mol. The quantitative estimate of drug-likeness (QED) is 0.734. The summed E-state index contributed by atoms with van der Waals surface area (Å²) < 4.78 is 5.24. The molecule has 13 heavy (non-hydrogen) atoms. The van der Waals surface area contributed by atoms with Gasteiger partial charge in [-0.25, -0.2) is 0 Å². The molecule has 0 spiro atoms. The van der Waals surface area contributed by atoms with Crippen molar-refractivity contribution in [1.29, 1.82) is 0 Å². The summed E-state index contributed by atoms with van der Waals surface area (Å²) in [5.74, 6) is 0.329. The second kappa shape index (κ2) is 4.45. The molecule has 0 atom stereocenters. The summed E-state index contributed by atoms with van der Waals surface area (Å²) in [4.78, 5) is 14.6. The Morgan fingerprint density at radius 2 is 2.46 bits per heavy atom. The molecule has 1 aromatic heterocycles. The van der Waals surface area contributed by atoms with Gasteiger partial charge < -0.3 is 10.5 Å². The Balaban J connectivity index is 2.73. The highest BCUT2D eigenvalue weighted by molar-refractivity contribution is 5.76. The summed E-state index contributed by atoms with van der Waals surface area (Å²) in [6.07, 6.45) is 1.75. The number of ether oxygens (including phenoxy) is 1. The van der Waals surface area contributed by atoms with E-state index in [1.54, 1.807) is 18.3 Å². The van der Waals surface area contributed by atoms with Crippen molar-refractivity contribution in [2.75, 3.05) is 6.61 Å². The summed E-state index contributed by atoms with van der Waals surface area (Å²) in [5.41, 5.74) is 5.67. The lowest BCUT2D eigenvalue weighted by Crippen LogP contribution is -2.14. The number of hydrogen-bond acceptors (Lipinski definition) is 3. The van der Waals surface area contributed by atoms with Crippen LogP contribution in [0.2, 0.25) is 0 Å². The maximum Gasteiger partial charge on any atom is 0.223 e. The van der Waals surface area contributed by atoms with Gasteiger partial charge in [0.25, 0.3) is 0 Å². The number of carbonyl (C=O) groups is 1. The summed E-state index contributed by atoms with van der Waals surface area (Å²) in [5, 5.41) is 0. The van der Waals surface area contributed by atoms with E-state index in [1.807, 2.05) is 6.92 Å². The van der Waals surface area contributed by atoms with E-state index in [2.05, 4.69) is 4.98 Å². The third-order valence-electron chi connectivity index (χ3n) is 1.45. The number of carbonyl (C=O) groups excluding carboxylic acids is 1. The Hall–Kier alpha value is -1.58. The topological polar surface area (TPSA) is 65.2 Å². The number of rotatable bonds is 4. The summed E-state index contributed by atoms with van der Waals surface area (Å²) >= 11 is 0. The largest absolute Gasteiger partial charge is 0.494 e. The van der Waals surface area contributed by atoms with Gasteiger partial charge in [0.2, 0.25) is 5.91 Å². The number of nitrogens with two attached hydrogens (primary N) is 1. The standard InChI is InChI=1S/C9H12N2O2/c1-2-13-8-3-4-11-7(5-8)6-9(10)12/h3-5H,2,6H2,1H3,(H2,10,12). The number of aromatic nitrogens is 1. The van der Waals surface area contributed by atoms with E-state index < -0.39 is 0 Å². The van der Waals surface area contributed by atoms with Crippen molar-refractivity contribution in [3.8, 4) is 5.75 Å². The van der Waals surface area contributed by atoms with Gasteiger partial charge in [0, 0.05) is 12.3 Å². The average molecular weight is 180 g/mol. The van der Waals surface area contributed by atoms with Crippen molar-refractivity contribution in [1.82, 2.24) is 4.98 Å². The van der Waals surface area contributed by atoms with Crippen molar-refractivity contribution < 1.29 is 9.53 Å². The van der Waals surface area contributed by atoms with Crippen LogP contribution in [0.5, 0.6) is 5.75 Å². The third kappa shape index (κ3) is 3.11. The van der Waals surface area contributed by atoms with E-state index in [0.717, 1.165) is 0 Å². The van der Waals surface area contributed by atoms with Crippen LogP contribution >= 0.6 is 0 Å². The highest BCUT2D eigenvalue weighted by Crippen LogP contribution is 2.10. The molecule has 0 radical (unpaired) electrons. The normalized spacial score (nSPS) is 9.62. The number of amides is 1. The molecular formula is C9H12N2O2. The molecule has 1 rings (SSSR count). The first-order valence-electron chi connectivity index (χ1n) is 4.08. The molecule has 0 aliphatic heterocycles. The predicted molar refractivity (Wildman–Crippen MR) is 48.3 cm³/mol. The van der Waals surface area contributed by atoms with Crippen LogP contribution in [0.15, 0.2) is 18.3 Å². The van der Waals surface area contributed by atoms with Crippen LogP contribution in [0.25, 0.3) is 0 Å². The Kier molecular flexibility index (Phi) is 3.25. The van der Waals surface area contributed by atoms with E-state index in [9.17, 15) is 4.79 Å². The Labute approximate surface area is 76.7 Å². The molecule has 0 saturated carbocycles.